The Kier molecular flexibility index (Phi) is 5.09. The number of pyridine rings is 1. The molecule has 2 aromatic rings. The minimum atomic E-state index is 0.199. The average molecular weight is 289 g/mol. The highest BCUT2D eigenvalue weighted by atomic mass is 16.5. The van der Waals surface area contributed by atoms with Gasteiger partial charge in [-0.2, -0.15) is 4.98 Å². The van der Waals surface area contributed by atoms with Crippen LogP contribution in [0.1, 0.15) is 26.5 Å². The van der Waals surface area contributed by atoms with E-state index in [0.29, 0.717) is 24.1 Å². The fourth-order valence-corrected chi connectivity index (χ4v) is 1.93. The van der Waals surface area contributed by atoms with E-state index in [0.717, 1.165) is 18.0 Å². The molecule has 0 radical (unpaired) electrons. The van der Waals surface area contributed by atoms with E-state index in [1.165, 1.54) is 0 Å². The van der Waals surface area contributed by atoms with Gasteiger partial charge in [0.2, 0.25) is 5.88 Å². The summed E-state index contributed by atoms with van der Waals surface area (Å²) in [5.74, 6) is 2.61. The molecule has 0 aliphatic carbocycles. The number of hydrogen-bond donors (Lipinski definition) is 2. The molecule has 2 rings (SSSR count). The zero-order valence-electron chi connectivity index (χ0n) is 12.8. The van der Waals surface area contributed by atoms with Gasteiger partial charge in [-0.05, 0) is 37.1 Å². The lowest BCUT2D eigenvalue weighted by Gasteiger charge is -2.15. The standard InChI is InChI=1S/C16H23N3O2/c1-11(2)10-21-16-14(17)6-7-15(19-16)18-12(3)9-13-5-4-8-20-13/h4-8,11-12H,9-10,17H2,1-3H3,(H,18,19). The second kappa shape index (κ2) is 7.02. The first-order chi connectivity index (χ1) is 10.0. The molecule has 0 saturated carbocycles. The highest BCUT2D eigenvalue weighted by molar-refractivity contribution is 5.53. The van der Waals surface area contributed by atoms with Gasteiger partial charge in [0.05, 0.1) is 18.6 Å². The molecular formula is C16H23N3O2. The van der Waals surface area contributed by atoms with Crippen molar-refractivity contribution in [1.29, 1.82) is 0 Å². The zero-order valence-corrected chi connectivity index (χ0v) is 12.8. The van der Waals surface area contributed by atoms with Crippen molar-refractivity contribution in [1.82, 2.24) is 4.98 Å². The van der Waals surface area contributed by atoms with Crippen LogP contribution in [0.4, 0.5) is 11.5 Å². The second-order valence-electron chi connectivity index (χ2n) is 5.62. The van der Waals surface area contributed by atoms with E-state index in [-0.39, 0.29) is 6.04 Å². The maximum absolute atomic E-state index is 5.89. The number of ether oxygens (including phenoxy) is 1. The van der Waals surface area contributed by atoms with Gasteiger partial charge in [0.25, 0.3) is 0 Å². The van der Waals surface area contributed by atoms with Gasteiger partial charge >= 0.3 is 0 Å². The Morgan fingerprint density at radius 2 is 2.10 bits per heavy atom. The molecule has 5 nitrogen and oxygen atoms in total. The van der Waals surface area contributed by atoms with Crippen molar-refractivity contribution in [2.45, 2.75) is 33.2 Å². The Morgan fingerprint density at radius 3 is 2.76 bits per heavy atom. The van der Waals surface area contributed by atoms with E-state index in [1.54, 1.807) is 6.26 Å². The molecule has 0 bridgehead atoms. The van der Waals surface area contributed by atoms with Gasteiger partial charge in [0.1, 0.15) is 11.6 Å². The third kappa shape index (κ3) is 4.70. The van der Waals surface area contributed by atoms with Crippen molar-refractivity contribution in [3.05, 3.63) is 36.3 Å². The van der Waals surface area contributed by atoms with Crippen LogP contribution in [0, 0.1) is 5.92 Å². The van der Waals surface area contributed by atoms with Crippen LogP contribution < -0.4 is 15.8 Å². The number of nitrogens with two attached hydrogens (primary N) is 1. The third-order valence-electron chi connectivity index (χ3n) is 2.92. The lowest BCUT2D eigenvalue weighted by molar-refractivity contribution is 0.263. The lowest BCUT2D eigenvalue weighted by atomic mass is 10.2. The molecule has 3 N–H and O–H groups in total. The zero-order chi connectivity index (χ0) is 15.2. The number of furan rings is 1. The van der Waals surface area contributed by atoms with Crippen LogP contribution in [0.5, 0.6) is 5.88 Å². The molecule has 0 saturated heterocycles. The first-order valence-electron chi connectivity index (χ1n) is 7.23. The molecule has 0 aliphatic heterocycles. The number of nitrogens with zero attached hydrogens (tertiary/aromatic N) is 1. The molecule has 21 heavy (non-hydrogen) atoms. The van der Waals surface area contributed by atoms with Gasteiger partial charge in [-0.1, -0.05) is 13.8 Å². The monoisotopic (exact) mass is 289 g/mol. The summed E-state index contributed by atoms with van der Waals surface area (Å²) in [6, 6.07) is 7.72. The Balaban J connectivity index is 1.97. The van der Waals surface area contributed by atoms with Crippen molar-refractivity contribution in [2.75, 3.05) is 17.7 Å². The number of nitrogens with one attached hydrogen (secondary N) is 1. The van der Waals surface area contributed by atoms with Crippen molar-refractivity contribution in [3.8, 4) is 5.88 Å². The maximum atomic E-state index is 5.89. The first kappa shape index (κ1) is 15.2. The van der Waals surface area contributed by atoms with Crippen molar-refractivity contribution in [3.63, 3.8) is 0 Å². The first-order valence-corrected chi connectivity index (χ1v) is 7.23. The summed E-state index contributed by atoms with van der Waals surface area (Å²) in [6.07, 6.45) is 2.47. The van der Waals surface area contributed by atoms with Crippen molar-refractivity contribution >= 4 is 11.5 Å². The van der Waals surface area contributed by atoms with Crippen molar-refractivity contribution < 1.29 is 9.15 Å². The summed E-state index contributed by atoms with van der Waals surface area (Å²) >= 11 is 0. The summed E-state index contributed by atoms with van der Waals surface area (Å²) in [5.41, 5.74) is 6.44. The largest absolute Gasteiger partial charge is 0.476 e. The maximum Gasteiger partial charge on any atom is 0.239 e. The molecule has 0 fully saturated rings. The smallest absolute Gasteiger partial charge is 0.239 e. The van der Waals surface area contributed by atoms with Gasteiger partial charge in [-0.15, -0.1) is 0 Å². The molecule has 0 spiro atoms. The number of rotatable bonds is 7. The Bertz CT molecular complexity index is 553. The van der Waals surface area contributed by atoms with E-state index in [1.807, 2.05) is 24.3 Å². The fraction of sp³-hybridized carbons (Fsp3) is 0.438. The minimum absolute atomic E-state index is 0.199. The van der Waals surface area contributed by atoms with Crippen LogP contribution in [0.2, 0.25) is 0 Å². The second-order valence-corrected chi connectivity index (χ2v) is 5.62. The molecule has 0 aromatic carbocycles. The van der Waals surface area contributed by atoms with Crippen LogP contribution in [-0.4, -0.2) is 17.6 Å². The van der Waals surface area contributed by atoms with Crippen LogP contribution in [-0.2, 0) is 6.42 Å². The Hall–Kier alpha value is -2.17. The molecule has 1 atom stereocenters. The van der Waals surface area contributed by atoms with E-state index < -0.39 is 0 Å². The van der Waals surface area contributed by atoms with Crippen molar-refractivity contribution in [2.24, 2.45) is 5.92 Å². The number of aromatic nitrogens is 1. The third-order valence-corrected chi connectivity index (χ3v) is 2.92. The average Bonchev–Trinajstić information content (AvgIpc) is 2.92. The highest BCUT2D eigenvalue weighted by Gasteiger charge is 2.09. The quantitative estimate of drug-likeness (QED) is 0.818. The fourth-order valence-electron chi connectivity index (χ4n) is 1.93. The van der Waals surface area contributed by atoms with E-state index in [2.05, 4.69) is 31.1 Å². The van der Waals surface area contributed by atoms with E-state index in [9.17, 15) is 0 Å². The molecule has 114 valence electrons. The normalized spacial score (nSPS) is 12.4. The topological polar surface area (TPSA) is 73.3 Å². The number of hydrogen-bond acceptors (Lipinski definition) is 5. The molecule has 0 aliphatic rings. The highest BCUT2D eigenvalue weighted by Crippen LogP contribution is 2.22. The molecular weight excluding hydrogens is 266 g/mol. The van der Waals surface area contributed by atoms with E-state index >= 15 is 0 Å². The Morgan fingerprint density at radius 1 is 1.29 bits per heavy atom. The van der Waals surface area contributed by atoms with Gasteiger partial charge in [-0.3, -0.25) is 0 Å². The van der Waals surface area contributed by atoms with Crippen LogP contribution in [0.25, 0.3) is 0 Å². The summed E-state index contributed by atoms with van der Waals surface area (Å²) in [7, 11) is 0. The molecule has 2 aromatic heterocycles. The minimum Gasteiger partial charge on any atom is -0.476 e. The van der Waals surface area contributed by atoms with Gasteiger partial charge in [0.15, 0.2) is 0 Å². The molecule has 5 heteroatoms. The van der Waals surface area contributed by atoms with Gasteiger partial charge in [0, 0.05) is 12.5 Å². The van der Waals surface area contributed by atoms with E-state index in [4.69, 9.17) is 14.9 Å². The SMILES string of the molecule is CC(C)COc1nc(NC(C)Cc2ccco2)ccc1N. The summed E-state index contributed by atoms with van der Waals surface area (Å²) < 4.78 is 11.0. The van der Waals surface area contributed by atoms with Crippen LogP contribution >= 0.6 is 0 Å². The van der Waals surface area contributed by atoms with Gasteiger partial charge < -0.3 is 20.2 Å². The summed E-state index contributed by atoms with van der Waals surface area (Å²) in [4.78, 5) is 4.42. The predicted molar refractivity (Wildman–Crippen MR) is 84.5 cm³/mol. The molecule has 1 unspecified atom stereocenters. The lowest BCUT2D eigenvalue weighted by Crippen LogP contribution is -2.19. The Labute approximate surface area is 125 Å². The summed E-state index contributed by atoms with van der Waals surface area (Å²) in [6.45, 7) is 6.85. The summed E-state index contributed by atoms with van der Waals surface area (Å²) in [5, 5.41) is 3.33. The van der Waals surface area contributed by atoms with Crippen LogP contribution in [0.15, 0.2) is 34.9 Å². The molecule has 0 amide bonds. The molecule has 2 heterocycles. The van der Waals surface area contributed by atoms with Gasteiger partial charge in [-0.25, -0.2) is 0 Å². The predicted octanol–water partition coefficient (Wildman–Crippen LogP) is 3.33. The number of nitrogen functional groups attached to an aromatic ring is 1. The van der Waals surface area contributed by atoms with Crippen LogP contribution in [0.3, 0.4) is 0 Å². The number of anilines is 2.